The molecule has 1 heterocycles. The smallest absolute Gasteiger partial charge is 0.275 e. The van der Waals surface area contributed by atoms with E-state index in [1.807, 2.05) is 29.2 Å². The Morgan fingerprint density at radius 2 is 1.70 bits per heavy atom. The highest BCUT2D eigenvalue weighted by Crippen LogP contribution is 2.50. The van der Waals surface area contributed by atoms with Gasteiger partial charge in [-0.3, -0.25) is 14.6 Å². The largest absolute Gasteiger partial charge is 0.305 e. The molecule has 1 saturated carbocycles. The number of nitrogens with zero attached hydrogens (tertiary/aromatic N) is 2. The summed E-state index contributed by atoms with van der Waals surface area (Å²) in [5, 5.41) is 0. The van der Waals surface area contributed by atoms with Crippen LogP contribution in [0, 0.1) is 22.6 Å². The van der Waals surface area contributed by atoms with E-state index in [4.69, 9.17) is 4.99 Å². The minimum Gasteiger partial charge on any atom is -0.305 e. The van der Waals surface area contributed by atoms with Crippen molar-refractivity contribution in [2.75, 3.05) is 0 Å². The summed E-state index contributed by atoms with van der Waals surface area (Å²) < 4.78 is 14.2. The SMILES string of the molecule is CC(C)(C)CCC(c1ccc(C=O)cc1)N1C(=O)C(c2cccc(F)c2)=NC12CCC(C(C)(C)C)CC2. The quantitative estimate of drug-likeness (QED) is 0.377. The number of rotatable bonds is 6. The average molecular weight is 505 g/mol. The van der Waals surface area contributed by atoms with Crippen LogP contribution < -0.4 is 0 Å². The van der Waals surface area contributed by atoms with Gasteiger partial charge in [-0.2, -0.15) is 0 Å². The predicted molar refractivity (Wildman–Crippen MR) is 147 cm³/mol. The Kier molecular flexibility index (Phi) is 7.47. The third kappa shape index (κ3) is 5.86. The van der Waals surface area contributed by atoms with Crippen LogP contribution in [0.15, 0.2) is 53.5 Å². The topological polar surface area (TPSA) is 49.7 Å². The molecule has 1 spiro atoms. The molecule has 0 N–H and O–H groups in total. The maximum Gasteiger partial charge on any atom is 0.275 e. The summed E-state index contributed by atoms with van der Waals surface area (Å²) in [5.74, 6) is 0.0623. The minimum absolute atomic E-state index is 0.0903. The monoisotopic (exact) mass is 504 g/mol. The summed E-state index contributed by atoms with van der Waals surface area (Å²) in [4.78, 5) is 32.8. The second-order valence-corrected chi connectivity index (χ2v) is 13.2. The number of aliphatic imine (C=N–C) groups is 1. The van der Waals surface area contributed by atoms with Crippen LogP contribution in [-0.4, -0.2) is 28.5 Å². The van der Waals surface area contributed by atoms with E-state index in [9.17, 15) is 14.0 Å². The van der Waals surface area contributed by atoms with Gasteiger partial charge in [-0.1, -0.05) is 77.9 Å². The number of carbonyl (C=O) groups excluding carboxylic acids is 2. The first kappa shape index (κ1) is 27.2. The molecule has 4 nitrogen and oxygen atoms in total. The van der Waals surface area contributed by atoms with E-state index in [1.54, 1.807) is 12.1 Å². The van der Waals surface area contributed by atoms with Gasteiger partial charge in [0.2, 0.25) is 0 Å². The van der Waals surface area contributed by atoms with E-state index < -0.39 is 5.66 Å². The van der Waals surface area contributed by atoms with Crippen molar-refractivity contribution in [2.45, 2.75) is 91.8 Å². The van der Waals surface area contributed by atoms with Crippen molar-refractivity contribution in [1.82, 2.24) is 4.90 Å². The first-order valence-corrected chi connectivity index (χ1v) is 13.6. The first-order chi connectivity index (χ1) is 17.3. The fourth-order valence-electron chi connectivity index (χ4n) is 5.98. The van der Waals surface area contributed by atoms with Crippen LogP contribution in [0.25, 0.3) is 0 Å². The highest BCUT2D eigenvalue weighted by molar-refractivity contribution is 6.46. The molecule has 1 fully saturated rings. The molecule has 2 aromatic rings. The zero-order chi connectivity index (χ0) is 27.0. The van der Waals surface area contributed by atoms with Crippen molar-refractivity contribution in [3.05, 3.63) is 71.0 Å². The molecule has 198 valence electrons. The van der Waals surface area contributed by atoms with Crippen LogP contribution >= 0.6 is 0 Å². The third-order valence-electron chi connectivity index (χ3n) is 8.24. The van der Waals surface area contributed by atoms with Crippen LogP contribution in [0.3, 0.4) is 0 Å². The summed E-state index contributed by atoms with van der Waals surface area (Å²) in [6, 6.07) is 13.6. The highest BCUT2D eigenvalue weighted by Gasteiger charge is 2.52. The van der Waals surface area contributed by atoms with Crippen LogP contribution in [0.4, 0.5) is 4.39 Å². The Labute approximate surface area is 221 Å². The Morgan fingerprint density at radius 1 is 1.05 bits per heavy atom. The van der Waals surface area contributed by atoms with E-state index in [2.05, 4.69) is 41.5 Å². The number of aldehydes is 1. The van der Waals surface area contributed by atoms with Gasteiger partial charge in [-0.25, -0.2) is 4.39 Å². The van der Waals surface area contributed by atoms with Gasteiger partial charge < -0.3 is 4.90 Å². The minimum atomic E-state index is -0.646. The van der Waals surface area contributed by atoms with Crippen molar-refractivity contribution in [3.63, 3.8) is 0 Å². The van der Waals surface area contributed by atoms with Gasteiger partial charge in [0.05, 0.1) is 6.04 Å². The van der Waals surface area contributed by atoms with E-state index in [0.717, 1.165) is 50.4 Å². The fourth-order valence-corrected chi connectivity index (χ4v) is 5.98. The van der Waals surface area contributed by atoms with Crippen molar-refractivity contribution >= 4 is 17.9 Å². The molecular weight excluding hydrogens is 463 g/mol. The molecule has 1 atom stereocenters. The molecule has 0 aromatic heterocycles. The van der Waals surface area contributed by atoms with Crippen LogP contribution in [0.5, 0.6) is 0 Å². The lowest BCUT2D eigenvalue weighted by Crippen LogP contribution is -2.51. The molecule has 1 aliphatic carbocycles. The molecule has 0 radical (unpaired) electrons. The Hall–Kier alpha value is -2.82. The summed E-state index contributed by atoms with van der Waals surface area (Å²) in [5.41, 5.74) is 2.16. The van der Waals surface area contributed by atoms with Crippen LogP contribution in [-0.2, 0) is 4.79 Å². The Bertz CT molecular complexity index is 1160. The molecule has 2 aromatic carbocycles. The van der Waals surface area contributed by atoms with E-state index >= 15 is 0 Å². The second-order valence-electron chi connectivity index (χ2n) is 13.2. The average Bonchev–Trinajstić information content (AvgIpc) is 3.10. The lowest BCUT2D eigenvalue weighted by Gasteiger charge is -2.47. The zero-order valence-electron chi connectivity index (χ0n) is 23.2. The third-order valence-corrected chi connectivity index (χ3v) is 8.24. The first-order valence-electron chi connectivity index (χ1n) is 13.6. The molecule has 0 saturated heterocycles. The lowest BCUT2D eigenvalue weighted by atomic mass is 9.69. The van der Waals surface area contributed by atoms with Gasteiger partial charge in [0, 0.05) is 11.1 Å². The number of hydrogen-bond acceptors (Lipinski definition) is 3. The second kappa shape index (κ2) is 10.2. The molecule has 0 bridgehead atoms. The molecule has 2 aliphatic rings. The standard InChI is InChI=1S/C32H41FN2O2/c1-30(2,3)17-16-27(23-12-10-22(21-36)11-13-23)35-29(37)28(24-8-7-9-26(33)20-24)34-32(35)18-14-25(15-19-32)31(4,5)6/h7-13,20-21,25,27H,14-19H2,1-6H3. The summed E-state index contributed by atoms with van der Waals surface area (Å²) in [6.45, 7) is 13.5. The van der Waals surface area contributed by atoms with E-state index in [-0.39, 0.29) is 28.6 Å². The fraction of sp³-hybridized carbons (Fsp3) is 0.531. The molecular formula is C32H41FN2O2. The van der Waals surface area contributed by atoms with Crippen molar-refractivity contribution in [1.29, 1.82) is 0 Å². The van der Waals surface area contributed by atoms with Gasteiger partial charge in [-0.05, 0) is 73.0 Å². The van der Waals surface area contributed by atoms with Gasteiger partial charge in [-0.15, -0.1) is 0 Å². The molecule has 1 unspecified atom stereocenters. The number of benzene rings is 2. The lowest BCUT2D eigenvalue weighted by molar-refractivity contribution is -0.134. The number of hydrogen-bond donors (Lipinski definition) is 0. The normalized spacial score (nSPS) is 23.3. The molecule has 1 aliphatic heterocycles. The van der Waals surface area contributed by atoms with Gasteiger partial charge >= 0.3 is 0 Å². The van der Waals surface area contributed by atoms with Gasteiger partial charge in [0.15, 0.2) is 0 Å². The van der Waals surface area contributed by atoms with E-state index in [1.165, 1.54) is 12.1 Å². The van der Waals surface area contributed by atoms with Crippen LogP contribution in [0.2, 0.25) is 0 Å². The maximum absolute atomic E-state index is 14.2. The molecule has 4 rings (SSSR count). The van der Waals surface area contributed by atoms with Gasteiger partial charge in [0.1, 0.15) is 23.5 Å². The molecule has 5 heteroatoms. The van der Waals surface area contributed by atoms with Crippen molar-refractivity contribution in [3.8, 4) is 0 Å². The Balaban J connectivity index is 1.80. The molecule has 37 heavy (non-hydrogen) atoms. The predicted octanol–water partition coefficient (Wildman–Crippen LogP) is 7.77. The highest BCUT2D eigenvalue weighted by atomic mass is 19.1. The number of halogens is 1. The zero-order valence-corrected chi connectivity index (χ0v) is 23.2. The molecule has 1 amide bonds. The summed E-state index contributed by atoms with van der Waals surface area (Å²) in [7, 11) is 0. The van der Waals surface area contributed by atoms with Crippen molar-refractivity contribution < 1.29 is 14.0 Å². The van der Waals surface area contributed by atoms with Gasteiger partial charge in [0.25, 0.3) is 5.91 Å². The van der Waals surface area contributed by atoms with E-state index in [0.29, 0.717) is 22.8 Å². The summed E-state index contributed by atoms with van der Waals surface area (Å²) >= 11 is 0. The van der Waals surface area contributed by atoms with Crippen LogP contribution in [0.1, 0.15) is 108 Å². The van der Waals surface area contributed by atoms with Crippen molar-refractivity contribution in [2.24, 2.45) is 21.7 Å². The summed E-state index contributed by atoms with van der Waals surface area (Å²) in [6.07, 6.45) is 6.11. The Morgan fingerprint density at radius 3 is 2.24 bits per heavy atom. The number of amides is 1. The number of carbonyl (C=O) groups is 2. The maximum atomic E-state index is 14.2.